The molecular formula is C27H35N5O4S2. The number of aliphatic carboxylic acids is 1. The number of carbonyl (C=O) groups excluding carboxylic acids is 1. The lowest BCUT2D eigenvalue weighted by atomic mass is 9.79. The van der Waals surface area contributed by atoms with E-state index < -0.39 is 5.97 Å². The number of nitrogens with one attached hydrogen (secondary N) is 2. The van der Waals surface area contributed by atoms with E-state index in [9.17, 15) is 9.59 Å². The second-order valence-corrected chi connectivity index (χ2v) is 12.5. The third kappa shape index (κ3) is 7.09. The van der Waals surface area contributed by atoms with Crippen LogP contribution in [-0.2, 0) is 9.59 Å². The van der Waals surface area contributed by atoms with Crippen molar-refractivity contribution in [2.24, 2.45) is 0 Å². The Morgan fingerprint density at radius 2 is 1.89 bits per heavy atom. The van der Waals surface area contributed by atoms with Gasteiger partial charge in [0.15, 0.2) is 0 Å². The molecule has 4 rings (SSSR count). The number of hydrogen-bond donors (Lipinski definition) is 3. The van der Waals surface area contributed by atoms with Crippen LogP contribution in [0.15, 0.2) is 40.7 Å². The van der Waals surface area contributed by atoms with Crippen molar-refractivity contribution in [1.82, 2.24) is 19.6 Å². The summed E-state index contributed by atoms with van der Waals surface area (Å²) >= 11 is 6.57. The van der Waals surface area contributed by atoms with Gasteiger partial charge in [-0.15, -0.1) is 6.58 Å². The number of aromatic nitrogens is 2. The molecule has 0 aromatic carbocycles. The lowest BCUT2D eigenvalue weighted by molar-refractivity contribution is -0.134. The molecule has 2 saturated heterocycles. The van der Waals surface area contributed by atoms with Crippen molar-refractivity contribution in [1.29, 1.82) is 0 Å². The molecule has 3 N–H and O–H groups in total. The Hall–Kier alpha value is -3.02. The molecule has 0 spiro atoms. The van der Waals surface area contributed by atoms with Gasteiger partial charge < -0.3 is 15.7 Å². The summed E-state index contributed by atoms with van der Waals surface area (Å²) in [4.78, 5) is 42.3. The Bertz CT molecular complexity index is 1360. The topological polar surface area (TPSA) is 116 Å². The molecule has 2 aromatic rings. The molecule has 38 heavy (non-hydrogen) atoms. The van der Waals surface area contributed by atoms with Gasteiger partial charge in [-0.05, 0) is 65.2 Å². The average molecular weight is 558 g/mol. The summed E-state index contributed by atoms with van der Waals surface area (Å²) in [5, 5.41) is 14.7. The minimum atomic E-state index is -0.833. The van der Waals surface area contributed by atoms with E-state index >= 15 is 0 Å². The van der Waals surface area contributed by atoms with E-state index in [0.29, 0.717) is 32.8 Å². The highest BCUT2D eigenvalue weighted by Gasteiger charge is 2.38. The second-order valence-electron chi connectivity index (χ2n) is 10.9. The molecule has 0 radical (unpaired) electrons. The van der Waals surface area contributed by atoms with Gasteiger partial charge >= 0.3 is 0 Å². The number of thiocarbonyl (C=S) groups is 1. The number of thioether (sulfide) groups is 1. The molecule has 2 aliphatic rings. The van der Waals surface area contributed by atoms with E-state index in [-0.39, 0.29) is 28.6 Å². The first kappa shape index (κ1) is 29.5. The van der Waals surface area contributed by atoms with E-state index in [0.717, 1.165) is 25.3 Å². The number of hydrogen-bond acceptors (Lipinski definition) is 8. The molecule has 0 saturated carbocycles. The van der Waals surface area contributed by atoms with Gasteiger partial charge in [-0.3, -0.25) is 23.7 Å². The number of amides is 1. The maximum atomic E-state index is 13.6. The molecule has 0 aliphatic carbocycles. The third-order valence-corrected chi connectivity index (χ3v) is 7.38. The molecule has 2 fully saturated rings. The van der Waals surface area contributed by atoms with Crippen molar-refractivity contribution in [2.75, 3.05) is 11.9 Å². The second kappa shape index (κ2) is 11.4. The smallest absolute Gasteiger partial charge is 0.300 e. The normalized spacial score (nSPS) is 19.8. The van der Waals surface area contributed by atoms with Crippen molar-refractivity contribution >= 4 is 57.7 Å². The number of carboxylic acids is 1. The van der Waals surface area contributed by atoms with E-state index in [2.05, 4.69) is 44.9 Å². The van der Waals surface area contributed by atoms with Gasteiger partial charge in [-0.1, -0.05) is 36.1 Å². The average Bonchev–Trinajstić information content (AvgIpc) is 3.02. The van der Waals surface area contributed by atoms with Gasteiger partial charge in [0.25, 0.3) is 17.4 Å². The highest BCUT2D eigenvalue weighted by Crippen LogP contribution is 2.34. The predicted molar refractivity (Wildman–Crippen MR) is 158 cm³/mol. The summed E-state index contributed by atoms with van der Waals surface area (Å²) in [6.45, 7) is 15.8. The standard InChI is InChI=1S/C25H31N5O2S2.C2H4O2/c1-7-10-29-22(32)18(34-23(29)33)11-17-20(26-16-12-24(3,4)28-25(5,6)13-16)27-19-9-8-15(2)14-30(19)21(17)31;1-2(3)4/h7-9,11,14,16,26,28H,1,10,12-13H2,2-6H3;1H3,(H,3,4)/b18-11-;. The largest absolute Gasteiger partial charge is 0.481 e. The van der Waals surface area contributed by atoms with Crippen LogP contribution in [-0.4, -0.2) is 59.3 Å². The van der Waals surface area contributed by atoms with Crippen molar-refractivity contribution in [2.45, 2.75) is 71.5 Å². The van der Waals surface area contributed by atoms with Crippen LogP contribution in [0.3, 0.4) is 0 Å². The highest BCUT2D eigenvalue weighted by molar-refractivity contribution is 8.26. The predicted octanol–water partition coefficient (Wildman–Crippen LogP) is 4.20. The first-order valence-electron chi connectivity index (χ1n) is 12.3. The van der Waals surface area contributed by atoms with Crippen molar-refractivity contribution in [3.8, 4) is 0 Å². The van der Waals surface area contributed by atoms with Gasteiger partial charge in [0, 0.05) is 36.8 Å². The van der Waals surface area contributed by atoms with Crippen LogP contribution in [0.5, 0.6) is 0 Å². The number of carbonyl (C=O) groups is 2. The van der Waals surface area contributed by atoms with Crippen LogP contribution in [0.25, 0.3) is 11.7 Å². The van der Waals surface area contributed by atoms with Gasteiger partial charge in [-0.2, -0.15) is 0 Å². The zero-order valence-corrected chi connectivity index (χ0v) is 24.3. The number of aryl methyl sites for hydroxylation is 1. The zero-order valence-electron chi connectivity index (χ0n) is 22.6. The quantitative estimate of drug-likeness (QED) is 0.283. The summed E-state index contributed by atoms with van der Waals surface area (Å²) in [5.41, 5.74) is 1.49. The van der Waals surface area contributed by atoms with Crippen LogP contribution >= 0.6 is 24.0 Å². The number of rotatable bonds is 5. The van der Waals surface area contributed by atoms with E-state index in [1.54, 1.807) is 18.3 Å². The lowest BCUT2D eigenvalue weighted by Gasteiger charge is -2.46. The third-order valence-electron chi connectivity index (χ3n) is 6.00. The highest BCUT2D eigenvalue weighted by atomic mass is 32.2. The van der Waals surface area contributed by atoms with E-state index in [1.165, 1.54) is 21.1 Å². The van der Waals surface area contributed by atoms with Crippen LogP contribution in [0.2, 0.25) is 0 Å². The molecule has 4 heterocycles. The Morgan fingerprint density at radius 1 is 1.29 bits per heavy atom. The number of carboxylic acid groups (broad SMARTS) is 1. The zero-order chi connectivity index (χ0) is 28.4. The van der Waals surface area contributed by atoms with Gasteiger partial charge in [0.05, 0.1) is 10.5 Å². The molecule has 11 heteroatoms. The molecule has 2 aromatic heterocycles. The minimum absolute atomic E-state index is 0.0737. The monoisotopic (exact) mass is 557 g/mol. The number of anilines is 1. The van der Waals surface area contributed by atoms with E-state index in [1.807, 2.05) is 19.1 Å². The van der Waals surface area contributed by atoms with Crippen molar-refractivity contribution in [3.63, 3.8) is 0 Å². The summed E-state index contributed by atoms with van der Waals surface area (Å²) in [5.74, 6) is -0.569. The Balaban J connectivity index is 0.000000934. The first-order chi connectivity index (χ1) is 17.6. The molecule has 1 amide bonds. The molecule has 0 atom stereocenters. The lowest BCUT2D eigenvalue weighted by Crippen LogP contribution is -2.60. The van der Waals surface area contributed by atoms with E-state index in [4.69, 9.17) is 27.1 Å². The number of piperidine rings is 1. The van der Waals surface area contributed by atoms with Crippen LogP contribution in [0, 0.1) is 6.92 Å². The fourth-order valence-electron chi connectivity index (χ4n) is 5.03. The van der Waals surface area contributed by atoms with Crippen LogP contribution in [0.4, 0.5) is 5.82 Å². The van der Waals surface area contributed by atoms with Crippen LogP contribution in [0.1, 0.15) is 58.6 Å². The fraction of sp³-hybridized carbons (Fsp3) is 0.444. The van der Waals surface area contributed by atoms with Crippen molar-refractivity contribution < 1.29 is 14.7 Å². The molecule has 204 valence electrons. The van der Waals surface area contributed by atoms with Gasteiger partial charge in [0.2, 0.25) is 0 Å². The summed E-state index contributed by atoms with van der Waals surface area (Å²) in [7, 11) is 0. The Morgan fingerprint density at radius 3 is 2.47 bits per heavy atom. The van der Waals surface area contributed by atoms with Gasteiger partial charge in [-0.25, -0.2) is 4.98 Å². The number of fused-ring (bicyclic) bond motifs is 1. The van der Waals surface area contributed by atoms with Crippen molar-refractivity contribution in [3.05, 3.63) is 57.4 Å². The summed E-state index contributed by atoms with van der Waals surface area (Å²) in [6, 6.07) is 3.88. The molecule has 0 unspecified atom stereocenters. The Kier molecular flexibility index (Phi) is 8.85. The van der Waals surface area contributed by atoms with Gasteiger partial charge in [0.1, 0.15) is 15.8 Å². The maximum Gasteiger partial charge on any atom is 0.300 e. The summed E-state index contributed by atoms with van der Waals surface area (Å²) < 4.78 is 1.99. The SMILES string of the molecule is C=CCN1C(=O)/C(=C/c2c(NC3CC(C)(C)NC(C)(C)C3)nc3ccc(C)cn3c2=O)SC1=S.CC(=O)O. The number of pyridine rings is 1. The maximum absolute atomic E-state index is 13.6. The number of nitrogens with zero attached hydrogens (tertiary/aromatic N) is 3. The minimum Gasteiger partial charge on any atom is -0.481 e. The molecule has 9 nitrogen and oxygen atoms in total. The fourth-order valence-corrected chi connectivity index (χ4v) is 6.29. The first-order valence-corrected chi connectivity index (χ1v) is 13.5. The molecule has 2 aliphatic heterocycles. The molecular weight excluding hydrogens is 522 g/mol. The Labute approximate surface area is 232 Å². The van der Waals surface area contributed by atoms with Crippen LogP contribution < -0.4 is 16.2 Å². The molecule has 0 bridgehead atoms. The summed E-state index contributed by atoms with van der Waals surface area (Å²) in [6.07, 6.45) is 6.77.